The minimum absolute atomic E-state index is 0.473. The van der Waals surface area contributed by atoms with Gasteiger partial charge in [0, 0.05) is 0 Å². The van der Waals surface area contributed by atoms with Crippen LogP contribution in [0.25, 0.3) is 0 Å². The predicted octanol–water partition coefficient (Wildman–Crippen LogP) is 3.20. The van der Waals surface area contributed by atoms with Crippen molar-refractivity contribution in [3.8, 4) is 0 Å². The molecule has 0 nitrogen and oxygen atoms in total. The number of rotatable bonds is 4. The number of hydrogen-bond acceptors (Lipinski definition) is 0. The molecule has 0 fully saturated rings. The van der Waals surface area contributed by atoms with E-state index in [1.54, 1.807) is 0 Å². The van der Waals surface area contributed by atoms with Crippen LogP contribution in [0.1, 0.15) is 0 Å². The molecule has 0 atom stereocenters. The van der Waals surface area contributed by atoms with Crippen LogP contribution in [-0.2, 0) is 0 Å². The van der Waals surface area contributed by atoms with Crippen LogP contribution in [0.3, 0.4) is 0 Å². The minimum Gasteiger partial charge on any atom is -0.174 e. The molecule has 0 radical (unpaired) electrons. The van der Waals surface area contributed by atoms with Gasteiger partial charge in [-0.2, -0.15) is 22.9 Å². The van der Waals surface area contributed by atoms with E-state index in [9.17, 15) is 0 Å². The SMILES string of the molecule is ClB(Cl)[Si](c1ccccc1)(c1ccccc1)c1ccccc1. The lowest BCUT2D eigenvalue weighted by molar-refractivity contribution is 1.70. The maximum absolute atomic E-state index is 6.63. The van der Waals surface area contributed by atoms with Crippen LogP contribution in [0.2, 0.25) is 0 Å². The largest absolute Gasteiger partial charge is 0.354 e. The number of benzene rings is 3. The van der Waals surface area contributed by atoms with E-state index >= 15 is 0 Å². The fourth-order valence-electron chi connectivity index (χ4n) is 2.98. The Balaban J connectivity index is 2.34. The van der Waals surface area contributed by atoms with Crippen LogP contribution in [0.5, 0.6) is 0 Å². The zero-order chi connectivity index (χ0) is 15.4. The lowest BCUT2D eigenvalue weighted by atomic mass is 10.3. The number of halogens is 2. The zero-order valence-electron chi connectivity index (χ0n) is 12.0. The second-order valence-corrected chi connectivity index (χ2v) is 11.0. The lowest BCUT2D eigenvalue weighted by Gasteiger charge is -2.33. The molecular formula is C18H15BCl2Si. The molecule has 0 aliphatic carbocycles. The fourth-order valence-corrected chi connectivity index (χ4v) is 9.16. The predicted molar refractivity (Wildman–Crippen MR) is 101 cm³/mol. The van der Waals surface area contributed by atoms with E-state index in [1.165, 1.54) is 15.6 Å². The van der Waals surface area contributed by atoms with Crippen molar-refractivity contribution in [2.75, 3.05) is 0 Å². The maximum atomic E-state index is 6.63. The summed E-state index contributed by atoms with van der Waals surface area (Å²) in [6, 6.07) is 31.3. The third-order valence-electron chi connectivity index (χ3n) is 4.01. The van der Waals surface area contributed by atoms with E-state index < -0.39 is 13.1 Å². The normalized spacial score (nSPS) is 11.2. The second-order valence-electron chi connectivity index (χ2n) is 5.21. The molecule has 0 saturated carbocycles. The van der Waals surface area contributed by atoms with Gasteiger partial charge in [-0.15, -0.1) is 0 Å². The highest BCUT2D eigenvalue weighted by Crippen LogP contribution is 2.16. The van der Waals surface area contributed by atoms with Gasteiger partial charge < -0.3 is 0 Å². The Morgan fingerprint density at radius 3 is 1.00 bits per heavy atom. The summed E-state index contributed by atoms with van der Waals surface area (Å²) >= 11 is 13.3. The Morgan fingerprint density at radius 2 is 0.773 bits per heavy atom. The molecule has 0 aliphatic heterocycles. The highest BCUT2D eigenvalue weighted by Gasteiger charge is 2.47. The summed E-state index contributed by atoms with van der Waals surface area (Å²) in [7, 11) is -2.47. The van der Waals surface area contributed by atoms with E-state index in [2.05, 4.69) is 72.8 Å². The average molecular weight is 341 g/mol. The average Bonchev–Trinajstić information content (AvgIpc) is 2.58. The zero-order valence-corrected chi connectivity index (χ0v) is 14.5. The molecule has 0 aliphatic rings. The van der Waals surface area contributed by atoms with Crippen molar-refractivity contribution in [3.05, 3.63) is 91.0 Å². The first-order valence-corrected chi connectivity index (χ1v) is 10.2. The molecule has 0 aromatic heterocycles. The fraction of sp³-hybridized carbons (Fsp3) is 0. The van der Waals surface area contributed by atoms with Crippen molar-refractivity contribution >= 4 is 51.6 Å². The Morgan fingerprint density at radius 1 is 0.500 bits per heavy atom. The second kappa shape index (κ2) is 6.74. The lowest BCUT2D eigenvalue weighted by Crippen LogP contribution is -2.73. The van der Waals surface area contributed by atoms with Gasteiger partial charge in [-0.05, 0) is 0 Å². The van der Waals surface area contributed by atoms with E-state index in [0.29, 0.717) is 0 Å². The molecule has 3 aromatic carbocycles. The maximum Gasteiger partial charge on any atom is 0.354 e. The summed E-state index contributed by atoms with van der Waals surface area (Å²) < 4.78 is 0. The Hall–Kier alpha value is -1.48. The van der Waals surface area contributed by atoms with Gasteiger partial charge in [0.1, 0.15) is 0 Å². The van der Waals surface area contributed by atoms with E-state index in [4.69, 9.17) is 22.9 Å². The van der Waals surface area contributed by atoms with Crippen LogP contribution in [-0.4, -0.2) is 13.1 Å². The third-order valence-corrected chi connectivity index (χ3v) is 10.4. The van der Waals surface area contributed by atoms with Crippen LogP contribution >= 0.6 is 22.9 Å². The van der Waals surface area contributed by atoms with Gasteiger partial charge >= 0.3 is 5.14 Å². The van der Waals surface area contributed by atoms with Gasteiger partial charge in [0.2, 0.25) is 0 Å². The summed E-state index contributed by atoms with van der Waals surface area (Å²) in [5.74, 6) is 0. The first-order valence-electron chi connectivity index (χ1n) is 7.21. The highest BCUT2D eigenvalue weighted by molar-refractivity contribution is 7.74. The van der Waals surface area contributed by atoms with Crippen molar-refractivity contribution in [1.29, 1.82) is 0 Å². The molecule has 0 bridgehead atoms. The molecule has 0 N–H and O–H groups in total. The molecule has 0 saturated heterocycles. The summed E-state index contributed by atoms with van der Waals surface area (Å²) in [6.07, 6.45) is 0. The summed E-state index contributed by atoms with van der Waals surface area (Å²) in [6.45, 7) is 0. The smallest absolute Gasteiger partial charge is 0.174 e. The standard InChI is InChI=1S/C18H15BCl2Si/c20-19(21)22(16-10-4-1-5-11-16,17-12-6-2-7-13-17)18-14-8-3-9-15-18/h1-15H. The Bertz CT molecular complexity index is 621. The molecule has 0 heterocycles. The topological polar surface area (TPSA) is 0 Å². The van der Waals surface area contributed by atoms with E-state index in [-0.39, 0.29) is 0 Å². The van der Waals surface area contributed by atoms with Crippen LogP contribution < -0.4 is 15.6 Å². The van der Waals surface area contributed by atoms with Crippen LogP contribution in [0.4, 0.5) is 0 Å². The van der Waals surface area contributed by atoms with Crippen LogP contribution in [0, 0.1) is 0 Å². The monoisotopic (exact) mass is 340 g/mol. The highest BCUT2D eigenvalue weighted by atomic mass is 35.5. The van der Waals surface area contributed by atoms with E-state index in [1.807, 2.05) is 18.2 Å². The van der Waals surface area contributed by atoms with Crippen molar-refractivity contribution in [2.24, 2.45) is 0 Å². The number of hydrogen-bond donors (Lipinski definition) is 0. The van der Waals surface area contributed by atoms with Crippen LogP contribution in [0.15, 0.2) is 91.0 Å². The Labute approximate surface area is 142 Å². The van der Waals surface area contributed by atoms with E-state index in [0.717, 1.165) is 0 Å². The Kier molecular flexibility index (Phi) is 4.72. The van der Waals surface area contributed by atoms with Gasteiger partial charge in [0.25, 0.3) is 0 Å². The van der Waals surface area contributed by atoms with Crippen molar-refractivity contribution in [1.82, 2.24) is 0 Å². The van der Waals surface area contributed by atoms with Gasteiger partial charge in [0.15, 0.2) is 7.94 Å². The molecule has 3 aromatic rings. The van der Waals surface area contributed by atoms with Crippen molar-refractivity contribution in [3.63, 3.8) is 0 Å². The minimum atomic E-state index is -2.47. The molecular weight excluding hydrogens is 326 g/mol. The molecule has 0 unspecified atom stereocenters. The summed E-state index contributed by atoms with van der Waals surface area (Å²) in [5, 5.41) is 3.20. The quantitative estimate of drug-likeness (QED) is 0.505. The van der Waals surface area contributed by atoms with Crippen molar-refractivity contribution in [2.45, 2.75) is 0 Å². The van der Waals surface area contributed by atoms with Gasteiger partial charge in [-0.1, -0.05) is 107 Å². The molecule has 0 amide bonds. The van der Waals surface area contributed by atoms with Gasteiger partial charge in [0.05, 0.1) is 0 Å². The molecule has 0 spiro atoms. The third kappa shape index (κ3) is 2.63. The molecule has 108 valence electrons. The first kappa shape index (κ1) is 15.4. The van der Waals surface area contributed by atoms with Gasteiger partial charge in [-0.25, -0.2) is 0 Å². The molecule has 4 heteroatoms. The molecule has 3 rings (SSSR count). The van der Waals surface area contributed by atoms with Gasteiger partial charge in [-0.3, -0.25) is 0 Å². The summed E-state index contributed by atoms with van der Waals surface area (Å²) in [5.41, 5.74) is 0. The van der Waals surface area contributed by atoms with Crippen molar-refractivity contribution < 1.29 is 0 Å². The molecule has 22 heavy (non-hydrogen) atoms. The first-order chi connectivity index (χ1) is 10.8. The summed E-state index contributed by atoms with van der Waals surface area (Å²) in [4.78, 5) is 0.